The average Bonchev–Trinajstić information content (AvgIpc) is 2.27. The quantitative estimate of drug-likeness (QED) is 0.823. The van der Waals surface area contributed by atoms with Crippen LogP contribution in [0.2, 0.25) is 5.02 Å². The molecule has 0 amide bonds. The third kappa shape index (κ3) is 3.20. The zero-order valence-electron chi connectivity index (χ0n) is 10.4. The number of hydrogen-bond donors (Lipinski definition) is 1. The van der Waals surface area contributed by atoms with Crippen molar-refractivity contribution in [3.63, 3.8) is 0 Å². The summed E-state index contributed by atoms with van der Waals surface area (Å²) < 4.78 is 5.05. The monoisotopic (exact) mass is 255 g/mol. The molecule has 3 nitrogen and oxygen atoms in total. The molecule has 17 heavy (non-hydrogen) atoms. The topological polar surface area (TPSA) is 52.3 Å². The summed E-state index contributed by atoms with van der Waals surface area (Å²) in [5.74, 6) is 0.618. The normalized spacial score (nSPS) is 11.4. The van der Waals surface area contributed by atoms with Crippen molar-refractivity contribution in [2.45, 2.75) is 20.3 Å². The van der Waals surface area contributed by atoms with E-state index in [-0.39, 0.29) is 5.78 Å². The van der Waals surface area contributed by atoms with E-state index in [1.807, 2.05) is 13.8 Å². The molecule has 0 saturated heterocycles. The van der Waals surface area contributed by atoms with E-state index in [1.165, 1.54) is 0 Å². The molecule has 1 aromatic rings. The van der Waals surface area contributed by atoms with Crippen LogP contribution in [0.25, 0.3) is 0 Å². The van der Waals surface area contributed by atoms with Crippen LogP contribution in [0.3, 0.4) is 0 Å². The first kappa shape index (κ1) is 14.0. The molecule has 0 fully saturated rings. The number of carbonyl (C=O) groups is 1. The number of ketones is 1. The molecule has 0 atom stereocenters. The third-order valence-electron chi connectivity index (χ3n) is 2.80. The Balaban J connectivity index is 3.01. The minimum atomic E-state index is -0.466. The zero-order valence-corrected chi connectivity index (χ0v) is 11.2. The van der Waals surface area contributed by atoms with Crippen molar-refractivity contribution in [1.29, 1.82) is 0 Å². The number of rotatable bonds is 5. The van der Waals surface area contributed by atoms with Gasteiger partial charge < -0.3 is 10.5 Å². The Kier molecular flexibility index (Phi) is 4.54. The van der Waals surface area contributed by atoms with Crippen molar-refractivity contribution >= 4 is 17.4 Å². The van der Waals surface area contributed by atoms with Gasteiger partial charge in [-0.25, -0.2) is 0 Å². The highest BCUT2D eigenvalue weighted by molar-refractivity contribution is 6.32. The van der Waals surface area contributed by atoms with Crippen LogP contribution in [0.5, 0.6) is 5.75 Å². The molecule has 4 heteroatoms. The Morgan fingerprint density at radius 1 is 1.47 bits per heavy atom. The maximum atomic E-state index is 12.3. The highest BCUT2D eigenvalue weighted by Gasteiger charge is 2.28. The van der Waals surface area contributed by atoms with E-state index < -0.39 is 5.41 Å². The molecule has 94 valence electrons. The second kappa shape index (κ2) is 5.52. The van der Waals surface area contributed by atoms with E-state index in [1.54, 1.807) is 25.3 Å². The van der Waals surface area contributed by atoms with Crippen LogP contribution in [0.4, 0.5) is 0 Å². The summed E-state index contributed by atoms with van der Waals surface area (Å²) in [4.78, 5) is 12.3. The molecule has 1 rings (SSSR count). The molecule has 0 saturated carbocycles. The lowest BCUT2D eigenvalue weighted by Crippen LogP contribution is -2.27. The maximum absolute atomic E-state index is 12.3. The highest BCUT2D eigenvalue weighted by Crippen LogP contribution is 2.30. The first-order chi connectivity index (χ1) is 7.92. The van der Waals surface area contributed by atoms with Gasteiger partial charge in [0.05, 0.1) is 12.1 Å². The molecule has 0 radical (unpaired) electrons. The number of hydrogen-bond acceptors (Lipinski definition) is 3. The molecule has 2 N–H and O–H groups in total. The summed E-state index contributed by atoms with van der Waals surface area (Å²) in [6.07, 6.45) is 0.648. The fourth-order valence-electron chi connectivity index (χ4n) is 1.67. The molecule has 0 aromatic heterocycles. The van der Waals surface area contributed by atoms with Crippen molar-refractivity contribution in [2.24, 2.45) is 11.1 Å². The summed E-state index contributed by atoms with van der Waals surface area (Å²) in [5.41, 5.74) is 5.63. The Labute approximate surface area is 107 Å². The maximum Gasteiger partial charge on any atom is 0.168 e. The van der Waals surface area contributed by atoms with Gasteiger partial charge >= 0.3 is 0 Å². The van der Waals surface area contributed by atoms with Crippen LogP contribution in [-0.2, 0) is 0 Å². The average molecular weight is 256 g/mol. The van der Waals surface area contributed by atoms with Gasteiger partial charge in [0, 0.05) is 11.0 Å². The predicted molar refractivity (Wildman–Crippen MR) is 69.8 cm³/mol. The van der Waals surface area contributed by atoms with Gasteiger partial charge in [0.25, 0.3) is 0 Å². The van der Waals surface area contributed by atoms with Crippen molar-refractivity contribution in [3.05, 3.63) is 28.8 Å². The fraction of sp³-hybridized carbons (Fsp3) is 0.462. The van der Waals surface area contributed by atoms with Gasteiger partial charge in [0.1, 0.15) is 5.75 Å². The molecule has 0 aliphatic heterocycles. The first-order valence-corrected chi connectivity index (χ1v) is 5.88. The summed E-state index contributed by atoms with van der Waals surface area (Å²) >= 11 is 6.00. The minimum absolute atomic E-state index is 0.0486. The summed E-state index contributed by atoms with van der Waals surface area (Å²) in [7, 11) is 1.54. The van der Waals surface area contributed by atoms with E-state index in [0.717, 1.165) is 0 Å². The van der Waals surface area contributed by atoms with E-state index in [0.29, 0.717) is 29.3 Å². The second-order valence-corrected chi connectivity index (χ2v) is 5.01. The molecular weight excluding hydrogens is 238 g/mol. The fourth-order valence-corrected chi connectivity index (χ4v) is 1.93. The molecule has 0 aliphatic rings. The van der Waals surface area contributed by atoms with Gasteiger partial charge in [-0.05, 0) is 31.2 Å². The van der Waals surface area contributed by atoms with Crippen LogP contribution < -0.4 is 10.5 Å². The molecule has 1 aromatic carbocycles. The lowest BCUT2D eigenvalue weighted by molar-refractivity contribution is 0.0829. The number of nitrogens with two attached hydrogens (primary N) is 1. The summed E-state index contributed by atoms with van der Waals surface area (Å²) in [5, 5.41) is 0.446. The molecule has 0 spiro atoms. The molecular formula is C13H18ClNO2. The summed E-state index contributed by atoms with van der Waals surface area (Å²) in [6.45, 7) is 4.27. The molecule has 0 bridgehead atoms. The van der Waals surface area contributed by atoms with Crippen molar-refractivity contribution in [3.8, 4) is 5.75 Å². The van der Waals surface area contributed by atoms with Gasteiger partial charge in [-0.2, -0.15) is 0 Å². The Morgan fingerprint density at radius 3 is 2.59 bits per heavy atom. The van der Waals surface area contributed by atoms with Crippen LogP contribution in [0.1, 0.15) is 30.6 Å². The first-order valence-electron chi connectivity index (χ1n) is 5.51. The number of benzene rings is 1. The summed E-state index contributed by atoms with van der Waals surface area (Å²) in [6, 6.07) is 5.07. The lowest BCUT2D eigenvalue weighted by Gasteiger charge is -2.22. The molecule has 0 heterocycles. The van der Waals surface area contributed by atoms with Gasteiger partial charge in [-0.3, -0.25) is 4.79 Å². The van der Waals surface area contributed by atoms with Crippen molar-refractivity contribution in [2.75, 3.05) is 13.7 Å². The SMILES string of the molecule is COc1ccc(C(=O)C(C)(C)CCN)cc1Cl. The van der Waals surface area contributed by atoms with E-state index in [2.05, 4.69) is 0 Å². The minimum Gasteiger partial charge on any atom is -0.495 e. The zero-order chi connectivity index (χ0) is 13.1. The van der Waals surface area contributed by atoms with E-state index in [9.17, 15) is 4.79 Å². The third-order valence-corrected chi connectivity index (χ3v) is 3.09. The largest absolute Gasteiger partial charge is 0.495 e. The number of methoxy groups -OCH3 is 1. The number of halogens is 1. The van der Waals surface area contributed by atoms with Gasteiger partial charge in [-0.1, -0.05) is 25.4 Å². The van der Waals surface area contributed by atoms with Crippen molar-refractivity contribution < 1.29 is 9.53 Å². The number of carbonyl (C=O) groups excluding carboxylic acids is 1. The smallest absolute Gasteiger partial charge is 0.168 e. The molecule has 0 unspecified atom stereocenters. The predicted octanol–water partition coefficient (Wildman–Crippen LogP) is 2.91. The van der Waals surface area contributed by atoms with Crippen LogP contribution in [0, 0.1) is 5.41 Å². The van der Waals surface area contributed by atoms with E-state index in [4.69, 9.17) is 22.1 Å². The second-order valence-electron chi connectivity index (χ2n) is 4.60. The van der Waals surface area contributed by atoms with Gasteiger partial charge in [-0.15, -0.1) is 0 Å². The van der Waals surface area contributed by atoms with Crippen molar-refractivity contribution in [1.82, 2.24) is 0 Å². The van der Waals surface area contributed by atoms with Crippen LogP contribution >= 0.6 is 11.6 Å². The number of ether oxygens (including phenoxy) is 1. The Hall–Kier alpha value is -1.06. The standard InChI is InChI=1S/C13H18ClNO2/c1-13(2,6-7-15)12(16)9-4-5-11(17-3)10(14)8-9/h4-5,8H,6-7,15H2,1-3H3. The van der Waals surface area contributed by atoms with Crippen LogP contribution in [0.15, 0.2) is 18.2 Å². The highest BCUT2D eigenvalue weighted by atomic mass is 35.5. The Morgan fingerprint density at radius 2 is 2.12 bits per heavy atom. The molecule has 0 aliphatic carbocycles. The Bertz CT molecular complexity index is 416. The number of Topliss-reactive ketones (excluding diaryl/α,β-unsaturated/α-hetero) is 1. The van der Waals surface area contributed by atoms with Gasteiger partial charge in [0.15, 0.2) is 5.78 Å². The van der Waals surface area contributed by atoms with E-state index >= 15 is 0 Å². The lowest BCUT2D eigenvalue weighted by atomic mass is 9.81. The van der Waals surface area contributed by atoms with Gasteiger partial charge in [0.2, 0.25) is 0 Å². The van der Waals surface area contributed by atoms with Crippen LogP contribution in [-0.4, -0.2) is 19.4 Å².